The number of anilines is 1. The van der Waals surface area contributed by atoms with Gasteiger partial charge in [-0.05, 0) is 61.6 Å². The third kappa shape index (κ3) is 5.21. The van der Waals surface area contributed by atoms with Gasteiger partial charge in [-0.25, -0.2) is 14.4 Å². The van der Waals surface area contributed by atoms with Crippen LogP contribution in [-0.4, -0.2) is 32.0 Å². The monoisotopic (exact) mass is 515 g/mol. The lowest BCUT2D eigenvalue weighted by atomic mass is 9.93. The van der Waals surface area contributed by atoms with Gasteiger partial charge in [0, 0.05) is 11.8 Å². The van der Waals surface area contributed by atoms with Crippen molar-refractivity contribution in [2.24, 2.45) is 5.92 Å². The minimum atomic E-state index is -3.76. The maximum absolute atomic E-state index is 13.6. The molecule has 37 heavy (non-hydrogen) atoms. The molecular weight excluding hydrogens is 487 g/mol. The molecule has 2 atom stereocenters. The van der Waals surface area contributed by atoms with Crippen LogP contribution in [-0.2, 0) is 6.42 Å². The van der Waals surface area contributed by atoms with Gasteiger partial charge >= 0.3 is 6.29 Å². The fourth-order valence-corrected chi connectivity index (χ4v) is 4.65. The molecule has 4 aromatic rings. The lowest BCUT2D eigenvalue weighted by Gasteiger charge is -2.21. The van der Waals surface area contributed by atoms with Crippen LogP contribution in [0.3, 0.4) is 0 Å². The van der Waals surface area contributed by atoms with E-state index in [9.17, 15) is 13.2 Å². The summed E-state index contributed by atoms with van der Waals surface area (Å²) in [5.41, 5.74) is 6.66. The number of nitrogen functional groups attached to an aromatic ring is 1. The number of ether oxygens (including phenoxy) is 3. The summed E-state index contributed by atoms with van der Waals surface area (Å²) in [6.07, 6.45) is 1.36. The van der Waals surface area contributed by atoms with E-state index in [4.69, 9.17) is 10.5 Å². The first-order chi connectivity index (χ1) is 17.8. The van der Waals surface area contributed by atoms with Gasteiger partial charge in [0.2, 0.25) is 5.95 Å². The van der Waals surface area contributed by atoms with Crippen molar-refractivity contribution in [3.05, 3.63) is 48.0 Å². The van der Waals surface area contributed by atoms with Crippen LogP contribution in [0.4, 0.5) is 19.1 Å². The van der Waals surface area contributed by atoms with E-state index in [2.05, 4.69) is 38.4 Å². The Balaban J connectivity index is 1.33. The molecule has 0 saturated carbocycles. The molecule has 0 saturated heterocycles. The van der Waals surface area contributed by atoms with Crippen molar-refractivity contribution in [1.82, 2.24) is 19.6 Å². The van der Waals surface area contributed by atoms with Crippen molar-refractivity contribution >= 4 is 22.5 Å². The molecule has 0 radical (unpaired) electrons. The van der Waals surface area contributed by atoms with E-state index in [1.807, 2.05) is 0 Å². The van der Waals surface area contributed by atoms with Gasteiger partial charge in [-0.1, -0.05) is 26.7 Å². The number of hydrogen-bond donors (Lipinski definition) is 1. The largest absolute Gasteiger partial charge is 0.586 e. The van der Waals surface area contributed by atoms with Crippen LogP contribution in [0.2, 0.25) is 0 Å². The number of alkyl halides is 2. The second kappa shape index (κ2) is 9.95. The molecule has 2 aromatic heterocycles. The Morgan fingerprint density at radius 3 is 2.54 bits per heavy atom. The van der Waals surface area contributed by atoms with E-state index >= 15 is 0 Å². The van der Waals surface area contributed by atoms with E-state index in [0.29, 0.717) is 29.0 Å². The zero-order valence-electron chi connectivity index (χ0n) is 20.6. The van der Waals surface area contributed by atoms with E-state index in [0.717, 1.165) is 32.1 Å². The Hall–Kier alpha value is -3.76. The molecule has 1 aliphatic rings. The Kier molecular flexibility index (Phi) is 6.70. The summed E-state index contributed by atoms with van der Waals surface area (Å²) < 4.78 is 57.2. The van der Waals surface area contributed by atoms with Gasteiger partial charge in [-0.15, -0.1) is 13.9 Å². The molecule has 0 fully saturated rings. The Bertz CT molecular complexity index is 1410. The topological polar surface area (TPSA) is 96.8 Å². The average molecular weight is 516 g/mol. The third-order valence-corrected chi connectivity index (χ3v) is 6.55. The van der Waals surface area contributed by atoms with Gasteiger partial charge < -0.3 is 19.9 Å². The second-order valence-corrected chi connectivity index (χ2v) is 9.23. The fraction of sp³-hybridized carbons (Fsp3) is 0.423. The van der Waals surface area contributed by atoms with E-state index < -0.39 is 6.29 Å². The molecule has 0 bridgehead atoms. The predicted octanol–water partition coefficient (Wildman–Crippen LogP) is 5.92. The minimum Gasteiger partial charge on any atom is -0.490 e. The smallest absolute Gasteiger partial charge is 0.490 e. The summed E-state index contributed by atoms with van der Waals surface area (Å²) in [6.45, 7) is 4.22. The first-order valence-electron chi connectivity index (χ1n) is 12.4. The van der Waals surface area contributed by atoms with Crippen LogP contribution in [0.5, 0.6) is 17.2 Å². The molecule has 0 aliphatic carbocycles. The zero-order valence-corrected chi connectivity index (χ0v) is 20.6. The summed E-state index contributed by atoms with van der Waals surface area (Å²) in [7, 11) is 0. The summed E-state index contributed by atoms with van der Waals surface area (Å²) in [4.78, 5) is 8.91. The molecule has 2 unspecified atom stereocenters. The Labute approximate surface area is 211 Å². The maximum Gasteiger partial charge on any atom is 0.586 e. The molecule has 8 nitrogen and oxygen atoms in total. The quantitative estimate of drug-likeness (QED) is 0.280. The number of aromatic nitrogens is 4. The molecule has 11 heteroatoms. The highest BCUT2D eigenvalue weighted by Gasteiger charge is 2.45. The minimum absolute atomic E-state index is 0.0113. The standard InChI is InChI=1S/C26H28F3N5O3/c1-3-5-17(35-18-10-7-16(27)8-11-18)9-6-15(4-2)14-21-31-24-19-12-13-20-23(37-26(28,29)36-20)22(19)32-25(30)34(24)33-21/h7-8,10-13,15,17H,3-6,9,14H2,1-2H3,(H2,30,32). The van der Waals surface area contributed by atoms with E-state index in [1.165, 1.54) is 22.7 Å². The number of nitrogens with zero attached hydrogens (tertiary/aromatic N) is 4. The van der Waals surface area contributed by atoms with Crippen molar-refractivity contribution in [2.45, 2.75) is 64.8 Å². The Morgan fingerprint density at radius 2 is 1.81 bits per heavy atom. The zero-order chi connectivity index (χ0) is 26.2. The molecule has 3 heterocycles. The van der Waals surface area contributed by atoms with Gasteiger partial charge in [0.1, 0.15) is 17.1 Å². The van der Waals surface area contributed by atoms with Crippen LogP contribution >= 0.6 is 0 Å². The van der Waals surface area contributed by atoms with Crippen LogP contribution in [0.25, 0.3) is 16.6 Å². The molecular formula is C26H28F3N5O3. The third-order valence-electron chi connectivity index (χ3n) is 6.55. The number of halogens is 3. The second-order valence-electron chi connectivity index (χ2n) is 9.23. The van der Waals surface area contributed by atoms with Crippen LogP contribution < -0.4 is 19.9 Å². The fourth-order valence-electron chi connectivity index (χ4n) is 4.65. The van der Waals surface area contributed by atoms with Crippen molar-refractivity contribution in [1.29, 1.82) is 0 Å². The first kappa shape index (κ1) is 24.9. The Morgan fingerprint density at radius 1 is 1.03 bits per heavy atom. The number of nitrogens with two attached hydrogens (primary N) is 1. The molecule has 5 rings (SSSR count). The highest BCUT2D eigenvalue weighted by Crippen LogP contribution is 2.45. The highest BCUT2D eigenvalue weighted by molar-refractivity contribution is 5.97. The SMILES string of the molecule is CCCC(CCC(CC)Cc1nc2c3ccc4c(c3nc(N)n2n1)OC(F)(F)O4)Oc1ccc(F)cc1. The van der Waals surface area contributed by atoms with Crippen molar-refractivity contribution in [3.8, 4) is 17.2 Å². The van der Waals surface area contributed by atoms with Crippen molar-refractivity contribution < 1.29 is 27.4 Å². The lowest BCUT2D eigenvalue weighted by molar-refractivity contribution is -0.286. The van der Waals surface area contributed by atoms with Gasteiger partial charge in [0.05, 0.1) is 6.10 Å². The first-order valence-corrected chi connectivity index (χ1v) is 12.4. The van der Waals surface area contributed by atoms with Crippen LogP contribution in [0.15, 0.2) is 36.4 Å². The molecule has 2 aromatic carbocycles. The molecule has 2 N–H and O–H groups in total. The van der Waals surface area contributed by atoms with Crippen LogP contribution in [0.1, 0.15) is 51.8 Å². The summed E-state index contributed by atoms with van der Waals surface area (Å²) in [5.74, 6) is 0.966. The molecule has 196 valence electrons. The maximum atomic E-state index is 13.6. The van der Waals surface area contributed by atoms with Crippen molar-refractivity contribution in [2.75, 3.05) is 5.73 Å². The normalized spacial score (nSPS) is 15.8. The van der Waals surface area contributed by atoms with Gasteiger partial charge in [0.25, 0.3) is 0 Å². The van der Waals surface area contributed by atoms with E-state index in [-0.39, 0.29) is 40.8 Å². The molecule has 0 amide bonds. The lowest BCUT2D eigenvalue weighted by Crippen LogP contribution is -2.26. The predicted molar refractivity (Wildman–Crippen MR) is 131 cm³/mol. The number of hydrogen-bond acceptors (Lipinski definition) is 7. The summed E-state index contributed by atoms with van der Waals surface area (Å²) in [5, 5.41) is 5.03. The van der Waals surface area contributed by atoms with Crippen molar-refractivity contribution in [3.63, 3.8) is 0 Å². The number of rotatable bonds is 10. The van der Waals surface area contributed by atoms with Gasteiger partial charge in [-0.3, -0.25) is 0 Å². The van der Waals surface area contributed by atoms with Crippen LogP contribution in [0, 0.1) is 11.7 Å². The summed E-state index contributed by atoms with van der Waals surface area (Å²) in [6, 6.07) is 9.07. The van der Waals surface area contributed by atoms with Gasteiger partial charge in [-0.2, -0.15) is 4.52 Å². The average Bonchev–Trinajstić information content (AvgIpc) is 3.43. The molecule has 1 aliphatic heterocycles. The number of benzene rings is 2. The molecule has 0 spiro atoms. The summed E-state index contributed by atoms with van der Waals surface area (Å²) >= 11 is 0. The highest BCUT2D eigenvalue weighted by atomic mass is 19.3. The number of fused-ring (bicyclic) bond motifs is 5. The van der Waals surface area contributed by atoms with E-state index in [1.54, 1.807) is 18.2 Å². The van der Waals surface area contributed by atoms with Gasteiger partial charge in [0.15, 0.2) is 23.0 Å².